The third kappa shape index (κ3) is 2.55. The van der Waals surface area contributed by atoms with E-state index in [9.17, 15) is 14.4 Å². The summed E-state index contributed by atoms with van der Waals surface area (Å²) in [6.07, 6.45) is 0. The third-order valence-corrected chi connectivity index (χ3v) is 2.61. The Morgan fingerprint density at radius 3 is 2.14 bits per heavy atom. The van der Waals surface area contributed by atoms with Gasteiger partial charge in [-0.3, -0.25) is 9.97 Å². The van der Waals surface area contributed by atoms with Gasteiger partial charge < -0.3 is 0 Å². The van der Waals surface area contributed by atoms with E-state index in [0.29, 0.717) is 5.75 Å². The molecule has 0 radical (unpaired) electrons. The highest BCUT2D eigenvalue weighted by atomic mass is 32.1. The van der Waals surface area contributed by atoms with E-state index in [-0.39, 0.29) is 11.8 Å². The van der Waals surface area contributed by atoms with Crippen molar-refractivity contribution in [2.45, 2.75) is 11.8 Å². The van der Waals surface area contributed by atoms with Crippen molar-refractivity contribution in [3.05, 3.63) is 31.5 Å². The second-order valence-electron chi connectivity index (χ2n) is 2.64. The van der Waals surface area contributed by atoms with Gasteiger partial charge in [-0.15, -0.1) is 0 Å². The largest absolute Gasteiger partial charge is 0.333 e. The fraction of sp³-hybridized carbons (Fsp3) is 0.500. The molecule has 1 atom stereocenters. The van der Waals surface area contributed by atoms with Crippen molar-refractivity contribution in [1.29, 1.82) is 0 Å². The molecule has 0 aliphatic carbocycles. The Kier molecular flexibility index (Phi) is 3.64. The van der Waals surface area contributed by atoms with Gasteiger partial charge >= 0.3 is 17.1 Å². The van der Waals surface area contributed by atoms with Crippen molar-refractivity contribution in [2.75, 3.05) is 5.75 Å². The highest BCUT2D eigenvalue weighted by Gasteiger charge is 2.07. The second-order valence-corrected chi connectivity index (χ2v) is 3.73. The van der Waals surface area contributed by atoms with Gasteiger partial charge in [-0.2, -0.15) is 25.3 Å². The Morgan fingerprint density at radius 1 is 1.21 bits per heavy atom. The molecule has 0 saturated heterocycles. The second kappa shape index (κ2) is 4.56. The van der Waals surface area contributed by atoms with Gasteiger partial charge in [0.15, 0.2) is 0 Å². The molecule has 14 heavy (non-hydrogen) atoms. The predicted octanol–water partition coefficient (Wildman–Crippen LogP) is -1.55. The van der Waals surface area contributed by atoms with E-state index in [1.165, 1.54) is 0 Å². The van der Waals surface area contributed by atoms with Crippen LogP contribution in [-0.2, 0) is 6.54 Å². The number of aromatic amines is 2. The molecule has 0 bridgehead atoms. The molecule has 0 aliphatic heterocycles. The molecule has 0 saturated carbocycles. The molecule has 6 nitrogen and oxygen atoms in total. The van der Waals surface area contributed by atoms with E-state index in [4.69, 9.17) is 0 Å². The van der Waals surface area contributed by atoms with E-state index in [0.717, 1.165) is 4.57 Å². The summed E-state index contributed by atoms with van der Waals surface area (Å²) in [5.74, 6) is 0.425. The van der Waals surface area contributed by atoms with Crippen LogP contribution in [0.2, 0.25) is 0 Å². The van der Waals surface area contributed by atoms with Crippen LogP contribution in [0.15, 0.2) is 14.4 Å². The summed E-state index contributed by atoms with van der Waals surface area (Å²) in [7, 11) is 0. The van der Waals surface area contributed by atoms with Crippen molar-refractivity contribution in [1.82, 2.24) is 14.5 Å². The molecule has 1 aromatic heterocycles. The van der Waals surface area contributed by atoms with Crippen LogP contribution in [0.25, 0.3) is 0 Å². The van der Waals surface area contributed by atoms with Gasteiger partial charge in [-0.1, -0.05) is 0 Å². The minimum absolute atomic E-state index is 0.109. The number of aromatic nitrogens is 3. The lowest BCUT2D eigenvalue weighted by molar-refractivity contribution is 0.598. The molecule has 8 heteroatoms. The average Bonchev–Trinajstić information content (AvgIpc) is 2.10. The average molecular weight is 235 g/mol. The van der Waals surface area contributed by atoms with Crippen LogP contribution in [0.3, 0.4) is 0 Å². The summed E-state index contributed by atoms with van der Waals surface area (Å²) >= 11 is 8.04. The van der Waals surface area contributed by atoms with Gasteiger partial charge in [0.25, 0.3) is 0 Å². The lowest BCUT2D eigenvalue weighted by Gasteiger charge is -2.07. The van der Waals surface area contributed by atoms with Gasteiger partial charge in [0, 0.05) is 17.5 Å². The maximum Gasteiger partial charge on any atom is 0.333 e. The van der Waals surface area contributed by atoms with Crippen molar-refractivity contribution < 1.29 is 0 Å². The quantitative estimate of drug-likeness (QED) is 0.478. The number of nitrogens with one attached hydrogen (secondary N) is 2. The van der Waals surface area contributed by atoms with Crippen LogP contribution in [0.1, 0.15) is 0 Å². The highest BCUT2D eigenvalue weighted by Crippen LogP contribution is 1.97. The number of nitrogens with zero attached hydrogens (tertiary/aromatic N) is 1. The van der Waals surface area contributed by atoms with Gasteiger partial charge in [0.1, 0.15) is 0 Å². The first kappa shape index (κ1) is 11.2. The Bertz CT molecular complexity index is 440. The van der Waals surface area contributed by atoms with Crippen molar-refractivity contribution in [2.24, 2.45) is 0 Å². The van der Waals surface area contributed by atoms with E-state index in [1.807, 2.05) is 9.97 Å². The normalized spacial score (nSPS) is 12.7. The zero-order valence-corrected chi connectivity index (χ0v) is 8.85. The fourth-order valence-electron chi connectivity index (χ4n) is 0.887. The molecule has 78 valence electrons. The van der Waals surface area contributed by atoms with E-state index >= 15 is 0 Å². The Balaban J connectivity index is 3.16. The molecule has 2 N–H and O–H groups in total. The monoisotopic (exact) mass is 235 g/mol. The summed E-state index contributed by atoms with van der Waals surface area (Å²) in [6, 6.07) is 0. The molecule has 1 rings (SSSR count). The Labute approximate surface area is 89.2 Å². The van der Waals surface area contributed by atoms with Crippen molar-refractivity contribution >= 4 is 25.3 Å². The minimum atomic E-state index is -0.808. The highest BCUT2D eigenvalue weighted by molar-refractivity contribution is 7.84. The molecule has 0 amide bonds. The summed E-state index contributed by atoms with van der Waals surface area (Å²) in [5, 5.41) is -0.219. The zero-order chi connectivity index (χ0) is 10.7. The summed E-state index contributed by atoms with van der Waals surface area (Å²) in [5.41, 5.74) is -2.28. The lowest BCUT2D eigenvalue weighted by Crippen LogP contribution is -2.44. The Hall–Kier alpha value is -0.890. The van der Waals surface area contributed by atoms with Crippen LogP contribution >= 0.6 is 25.3 Å². The first-order chi connectivity index (χ1) is 6.54. The predicted molar refractivity (Wildman–Crippen MR) is 58.6 cm³/mol. The van der Waals surface area contributed by atoms with Gasteiger partial charge in [0.05, 0.1) is 0 Å². The van der Waals surface area contributed by atoms with Crippen LogP contribution in [0.4, 0.5) is 0 Å². The van der Waals surface area contributed by atoms with Gasteiger partial charge in [-0.05, 0) is 0 Å². The fourth-order valence-corrected chi connectivity index (χ4v) is 1.17. The lowest BCUT2D eigenvalue weighted by atomic mass is 10.4. The standard InChI is InChI=1S/C6H9N3O3S2/c10-4-7-5(11)9(6(12)8-4)1-3(14)2-13/h3,13-14H,1-2H2,(H2,7,8,10,11,12). The summed E-state index contributed by atoms with van der Waals surface area (Å²) < 4.78 is 0.870. The molecule has 0 fully saturated rings. The molecular formula is C6H9N3O3S2. The summed E-state index contributed by atoms with van der Waals surface area (Å²) in [4.78, 5) is 36.8. The van der Waals surface area contributed by atoms with Crippen LogP contribution in [0.5, 0.6) is 0 Å². The number of H-pyrrole nitrogens is 2. The van der Waals surface area contributed by atoms with Crippen LogP contribution in [0, 0.1) is 0 Å². The van der Waals surface area contributed by atoms with E-state index in [2.05, 4.69) is 25.3 Å². The van der Waals surface area contributed by atoms with Crippen molar-refractivity contribution in [3.63, 3.8) is 0 Å². The molecule has 0 aliphatic rings. The molecule has 0 aromatic carbocycles. The summed E-state index contributed by atoms with van der Waals surface area (Å²) in [6.45, 7) is 0.109. The zero-order valence-electron chi connectivity index (χ0n) is 7.06. The first-order valence-corrected chi connectivity index (χ1v) is 4.92. The Morgan fingerprint density at radius 2 is 1.71 bits per heavy atom. The third-order valence-electron chi connectivity index (χ3n) is 1.54. The SMILES string of the molecule is O=c1[nH]c(=O)n(CC(S)CS)c(=O)[nH]1. The molecule has 1 aromatic rings. The van der Waals surface area contributed by atoms with Crippen molar-refractivity contribution in [3.8, 4) is 0 Å². The number of hydrogen-bond acceptors (Lipinski definition) is 5. The van der Waals surface area contributed by atoms with Gasteiger partial charge in [0.2, 0.25) is 0 Å². The maximum absolute atomic E-state index is 11.1. The molecule has 0 spiro atoms. The molecule has 1 unspecified atom stereocenters. The van der Waals surface area contributed by atoms with Gasteiger partial charge in [-0.25, -0.2) is 19.0 Å². The van der Waals surface area contributed by atoms with E-state index in [1.54, 1.807) is 0 Å². The topological polar surface area (TPSA) is 87.7 Å². The van der Waals surface area contributed by atoms with Crippen LogP contribution in [-0.4, -0.2) is 25.5 Å². The maximum atomic E-state index is 11.1. The molecular weight excluding hydrogens is 226 g/mol. The number of thiol groups is 2. The van der Waals surface area contributed by atoms with Crippen LogP contribution < -0.4 is 17.1 Å². The first-order valence-electron chi connectivity index (χ1n) is 3.77. The molecule has 1 heterocycles. The number of hydrogen-bond donors (Lipinski definition) is 4. The van der Waals surface area contributed by atoms with E-state index < -0.39 is 17.1 Å². The number of rotatable bonds is 3. The minimum Gasteiger partial charge on any atom is -0.259 e. The smallest absolute Gasteiger partial charge is 0.259 e.